The molecule has 0 aliphatic carbocycles. The van der Waals surface area contributed by atoms with E-state index in [1.54, 1.807) is 36.7 Å². The van der Waals surface area contributed by atoms with Crippen molar-refractivity contribution in [2.75, 3.05) is 18.4 Å². The molecule has 4 aromatic carbocycles. The molecule has 6 rings (SSSR count). The fourth-order valence-electron chi connectivity index (χ4n) is 4.52. The fourth-order valence-corrected chi connectivity index (χ4v) is 4.93. The first-order chi connectivity index (χ1) is 25.6. The molecular formula is C40H39BCl4N6NaO5. The van der Waals surface area contributed by atoms with Crippen molar-refractivity contribution in [1.29, 1.82) is 5.26 Å². The number of rotatable bonds is 9. The zero-order valence-electron chi connectivity index (χ0n) is 31.2. The Morgan fingerprint density at radius 2 is 1.49 bits per heavy atom. The van der Waals surface area contributed by atoms with E-state index < -0.39 is 5.97 Å². The normalized spacial score (nSPS) is 8.95. The first-order valence-electron chi connectivity index (χ1n) is 16.0. The molecule has 0 aliphatic rings. The number of pyridine rings is 2. The van der Waals surface area contributed by atoms with Gasteiger partial charge in [0.25, 0.3) is 5.97 Å². The van der Waals surface area contributed by atoms with Crippen LogP contribution in [0.5, 0.6) is 0 Å². The van der Waals surface area contributed by atoms with Gasteiger partial charge in [-0.2, -0.15) is 0 Å². The van der Waals surface area contributed by atoms with Crippen LogP contribution in [-0.2, 0) is 27.3 Å². The van der Waals surface area contributed by atoms with Gasteiger partial charge in [-0.25, -0.2) is 4.98 Å². The topological polar surface area (TPSA) is 191 Å². The molecule has 0 fully saturated rings. The van der Waals surface area contributed by atoms with Crippen molar-refractivity contribution in [3.63, 3.8) is 0 Å². The first-order valence-corrected chi connectivity index (χ1v) is 16.7. The number of H-pyrrole nitrogens is 1. The Hall–Kier alpha value is -4.39. The molecule has 2 aromatic heterocycles. The number of benzene rings is 4. The summed E-state index contributed by atoms with van der Waals surface area (Å²) in [6, 6.07) is 30.1. The third-order valence-corrected chi connectivity index (χ3v) is 7.31. The second kappa shape index (κ2) is 32.7. The first kappa shape index (κ1) is 56.9. The van der Waals surface area contributed by atoms with E-state index in [9.17, 15) is 14.4 Å². The van der Waals surface area contributed by atoms with E-state index in [2.05, 4.69) is 32.4 Å². The minimum Gasteiger partial charge on any atom is -1.00 e. The number of carboxylic acids is 1. The third-order valence-electron chi connectivity index (χ3n) is 6.84. The summed E-state index contributed by atoms with van der Waals surface area (Å²) in [5.74, 6) is -0.739. The molecule has 0 saturated carbocycles. The number of anilines is 1. The summed E-state index contributed by atoms with van der Waals surface area (Å²) in [6.07, 6.45) is 8.62. The van der Waals surface area contributed by atoms with Crippen LogP contribution in [0.4, 0.5) is 5.69 Å². The Balaban J connectivity index is -0.000000744. The number of carbonyl (C=O) groups excluding carboxylic acids is 3. The predicted molar refractivity (Wildman–Crippen MR) is 211 cm³/mol. The summed E-state index contributed by atoms with van der Waals surface area (Å²) in [5.41, 5.74) is 7.08. The standard InChI is InChI=1S/C18H16ClN3O.C12H12N2O.C7H5ClO.C2H4O2.CN.B.2ClH.Na/c19-16-3-1-2-13(8-16)10-21-12-18(23)22-17-5-4-15-11-20-7-6-14(15)9-17;13-7-12(15)6-9-1-2-11-8-14-4-3-10(11)5-9;8-7-3-1-2-6(4-7)5-9;1-2(3)4;1-2;;;;/h1-9,11,21H,10,12H2,(H,22,23);1-5,8H,6-7,13H2;1-5H;1H3,(H,3,4);;;2*1H;/q;;;;-1;;;;+1. The Kier molecular flexibility index (Phi) is 32.6. The van der Waals surface area contributed by atoms with E-state index in [1.165, 1.54) is 0 Å². The number of aliphatic carboxylic acids is 1. The summed E-state index contributed by atoms with van der Waals surface area (Å²) in [4.78, 5) is 49.4. The Morgan fingerprint density at radius 3 is 2.11 bits per heavy atom. The summed E-state index contributed by atoms with van der Waals surface area (Å²) < 4.78 is 0. The summed E-state index contributed by atoms with van der Waals surface area (Å²) in [7, 11) is 0. The SMILES string of the molecule is CC(=O)O.O=C(CNCc1cccc(Cl)c1)Nc1ccc2cnccc2c1.O=Cc1cccc(Cl)c1.[B].[C-]#N.[Cl-].[Cl-].[NH3+]CC(=O)Cc1ccc2c[nH+]ccc2c1.[Na+]. The molecular weight excluding hydrogens is 820 g/mol. The molecule has 0 unspecified atom stereocenters. The smallest absolute Gasteiger partial charge is 1.00 e. The van der Waals surface area contributed by atoms with Crippen LogP contribution in [0.2, 0.25) is 10.0 Å². The number of quaternary nitrogens is 1. The second-order valence-electron chi connectivity index (χ2n) is 11.0. The van der Waals surface area contributed by atoms with Crippen LogP contribution < -0.4 is 75.7 Å². The Labute approximate surface area is 378 Å². The largest absolute Gasteiger partial charge is 1.00 e. The molecule has 0 bridgehead atoms. The molecule has 6 aromatic rings. The van der Waals surface area contributed by atoms with Crippen molar-refractivity contribution in [3.8, 4) is 0 Å². The molecule has 17 heteroatoms. The fraction of sp³-hybridized carbons (Fsp3) is 0.125. The average Bonchev–Trinajstić information content (AvgIpc) is 3.16. The number of fused-ring (bicyclic) bond motifs is 2. The zero-order valence-corrected chi connectivity index (χ0v) is 36.2. The van der Waals surface area contributed by atoms with Crippen molar-refractivity contribution in [2.24, 2.45) is 0 Å². The summed E-state index contributed by atoms with van der Waals surface area (Å²) in [6.45, 7) is 7.03. The zero-order chi connectivity index (χ0) is 39.0. The maximum Gasteiger partial charge on any atom is 1.00 e. The number of aromatic amines is 1. The quantitative estimate of drug-likeness (QED) is 0.0658. The summed E-state index contributed by atoms with van der Waals surface area (Å²) in [5, 5.41) is 25.4. The van der Waals surface area contributed by atoms with E-state index in [-0.39, 0.29) is 81.0 Å². The van der Waals surface area contributed by atoms with E-state index in [0.29, 0.717) is 35.1 Å². The van der Waals surface area contributed by atoms with Crippen LogP contribution in [-0.4, -0.2) is 55.5 Å². The molecule has 0 aliphatic heterocycles. The summed E-state index contributed by atoms with van der Waals surface area (Å²) >= 11 is 11.5. The number of hydrogen-bond acceptors (Lipinski definition) is 7. The number of aldehydes is 1. The number of amides is 1. The molecule has 57 heavy (non-hydrogen) atoms. The van der Waals surface area contributed by atoms with Crippen molar-refractivity contribution in [1.82, 2.24) is 10.3 Å². The number of ketones is 1. The van der Waals surface area contributed by atoms with Crippen LogP contribution in [0.25, 0.3) is 21.5 Å². The number of hydrogen-bond donors (Lipinski definition) is 4. The number of carbonyl (C=O) groups is 4. The molecule has 1 amide bonds. The van der Waals surface area contributed by atoms with Gasteiger partial charge in [0, 0.05) is 78.8 Å². The van der Waals surface area contributed by atoms with Gasteiger partial charge in [-0.05, 0) is 70.4 Å². The van der Waals surface area contributed by atoms with Gasteiger partial charge in [0.05, 0.1) is 6.54 Å². The molecule has 2 heterocycles. The second-order valence-corrected chi connectivity index (χ2v) is 11.9. The minimum atomic E-state index is -0.833. The van der Waals surface area contributed by atoms with E-state index in [1.807, 2.05) is 79.1 Å². The molecule has 0 atom stereocenters. The van der Waals surface area contributed by atoms with Crippen LogP contribution >= 0.6 is 23.2 Å². The van der Waals surface area contributed by atoms with E-state index in [0.717, 1.165) is 51.6 Å². The van der Waals surface area contributed by atoms with Gasteiger partial charge in [0.1, 0.15) is 12.8 Å². The third kappa shape index (κ3) is 23.4. The van der Waals surface area contributed by atoms with E-state index in [4.69, 9.17) is 44.9 Å². The van der Waals surface area contributed by atoms with E-state index >= 15 is 0 Å². The van der Waals surface area contributed by atoms with Crippen LogP contribution in [0.3, 0.4) is 0 Å². The minimum absolute atomic E-state index is 0. The maximum absolute atomic E-state index is 12.0. The van der Waals surface area contributed by atoms with Crippen molar-refractivity contribution >= 4 is 82.8 Å². The molecule has 3 radical (unpaired) electrons. The van der Waals surface area contributed by atoms with Crippen molar-refractivity contribution in [2.45, 2.75) is 19.9 Å². The van der Waals surface area contributed by atoms with Crippen molar-refractivity contribution in [3.05, 3.63) is 155 Å². The number of halogens is 4. The van der Waals surface area contributed by atoms with Crippen LogP contribution in [0, 0.1) is 11.8 Å². The Bertz CT molecular complexity index is 2150. The average molecular weight is 859 g/mol. The van der Waals surface area contributed by atoms with Gasteiger partial charge in [-0.15, -0.1) is 0 Å². The van der Waals surface area contributed by atoms with Gasteiger partial charge in [-0.1, -0.05) is 65.7 Å². The molecule has 0 spiro atoms. The number of Topliss-reactive ketones (excluding diaryl/α,β-unsaturated/α-hetero) is 1. The van der Waals surface area contributed by atoms with Crippen molar-refractivity contribution < 1.29 is 89.4 Å². The number of aromatic nitrogens is 2. The van der Waals surface area contributed by atoms with Crippen LogP contribution in [0.1, 0.15) is 28.4 Å². The van der Waals surface area contributed by atoms with Gasteiger partial charge in [0.2, 0.25) is 5.91 Å². The molecule has 7 N–H and O–H groups in total. The number of nitrogens with zero attached hydrogens (tertiary/aromatic N) is 2. The molecule has 11 nitrogen and oxygen atoms in total. The maximum atomic E-state index is 12.0. The van der Waals surface area contributed by atoms with Crippen LogP contribution in [0.15, 0.2) is 122 Å². The monoisotopic (exact) mass is 857 g/mol. The van der Waals surface area contributed by atoms with Gasteiger partial charge < -0.3 is 58.1 Å². The number of carboxylic acid groups (broad SMARTS) is 1. The van der Waals surface area contributed by atoms with Gasteiger partial charge in [-0.3, -0.25) is 24.2 Å². The van der Waals surface area contributed by atoms with Gasteiger partial charge in [0.15, 0.2) is 18.2 Å². The molecule has 291 valence electrons. The predicted octanol–water partition coefficient (Wildman–Crippen LogP) is -3.41. The number of nitrogens with one attached hydrogen (secondary N) is 3. The Morgan fingerprint density at radius 1 is 0.860 bits per heavy atom. The molecule has 0 saturated heterocycles. The van der Waals surface area contributed by atoms with Gasteiger partial charge >= 0.3 is 29.6 Å².